The number of urea groups is 1. The molecule has 3 N–H and O–H groups in total. The van der Waals surface area contributed by atoms with Crippen LogP contribution in [-0.2, 0) is 9.59 Å². The minimum absolute atomic E-state index is 0.0111. The van der Waals surface area contributed by atoms with Gasteiger partial charge in [0.15, 0.2) is 0 Å². The fourth-order valence-corrected chi connectivity index (χ4v) is 1.48. The first-order valence-electron chi connectivity index (χ1n) is 6.05. The molecule has 0 aliphatic rings. The lowest BCUT2D eigenvalue weighted by atomic mass is 10.2. The lowest BCUT2D eigenvalue weighted by molar-refractivity contribution is -0.137. The first-order valence-corrected chi connectivity index (χ1v) is 6.05. The Balaban J connectivity index is 2.28. The summed E-state index contributed by atoms with van der Waals surface area (Å²) in [5, 5.41) is 12.8. The molecule has 108 valence electrons. The number of carbonyl (C=O) groups excluding carboxylic acids is 2. The van der Waals surface area contributed by atoms with Crippen LogP contribution in [0.3, 0.4) is 0 Å². The number of anilines is 1. The Kier molecular flexibility index (Phi) is 6.15. The van der Waals surface area contributed by atoms with E-state index < -0.39 is 23.7 Å². The highest BCUT2D eigenvalue weighted by atomic mass is 19.1. The smallest absolute Gasteiger partial charge is 0.325 e. The van der Waals surface area contributed by atoms with Gasteiger partial charge in [-0.3, -0.25) is 14.9 Å². The second-order valence-corrected chi connectivity index (χ2v) is 4.11. The van der Waals surface area contributed by atoms with E-state index in [0.717, 1.165) is 6.07 Å². The first kappa shape index (κ1) is 15.6. The van der Waals surface area contributed by atoms with Crippen molar-refractivity contribution in [2.24, 2.45) is 0 Å². The molecule has 0 unspecified atom stereocenters. The molecule has 0 fully saturated rings. The van der Waals surface area contributed by atoms with E-state index in [-0.39, 0.29) is 18.5 Å². The summed E-state index contributed by atoms with van der Waals surface area (Å²) in [4.78, 5) is 33.0. The largest absolute Gasteiger partial charge is 0.481 e. The van der Waals surface area contributed by atoms with Gasteiger partial charge in [0.2, 0.25) is 5.91 Å². The Morgan fingerprint density at radius 2 is 1.85 bits per heavy atom. The highest BCUT2D eigenvalue weighted by Gasteiger charge is 2.08. The maximum atomic E-state index is 12.9. The number of unbranched alkanes of at least 4 members (excludes halogenated alkanes) is 1. The summed E-state index contributed by atoms with van der Waals surface area (Å²) in [6.45, 7) is 0. The maximum Gasteiger partial charge on any atom is 0.325 e. The van der Waals surface area contributed by atoms with Crippen molar-refractivity contribution in [3.05, 3.63) is 30.1 Å². The average Bonchev–Trinajstić information content (AvgIpc) is 2.34. The predicted molar refractivity (Wildman–Crippen MR) is 69.7 cm³/mol. The van der Waals surface area contributed by atoms with E-state index in [1.54, 1.807) is 0 Å². The Labute approximate surface area is 115 Å². The Morgan fingerprint density at radius 3 is 2.50 bits per heavy atom. The number of carboxylic acids is 1. The van der Waals surface area contributed by atoms with E-state index in [1.807, 2.05) is 0 Å². The van der Waals surface area contributed by atoms with Gasteiger partial charge in [-0.15, -0.1) is 0 Å². The SMILES string of the molecule is O=C(O)CCCCC(=O)NC(=O)Nc1cccc(F)c1. The molecule has 3 amide bonds. The third-order valence-electron chi connectivity index (χ3n) is 2.38. The summed E-state index contributed by atoms with van der Waals surface area (Å²) in [6, 6.07) is 4.52. The summed E-state index contributed by atoms with van der Waals surface area (Å²) >= 11 is 0. The number of hydrogen-bond donors (Lipinski definition) is 3. The number of aliphatic carboxylic acids is 1. The number of benzene rings is 1. The third-order valence-corrected chi connectivity index (χ3v) is 2.38. The van der Waals surface area contributed by atoms with Gasteiger partial charge in [0.05, 0.1) is 0 Å². The molecule has 0 bridgehead atoms. The molecule has 0 saturated heterocycles. The number of imide groups is 1. The van der Waals surface area contributed by atoms with Gasteiger partial charge in [0, 0.05) is 18.5 Å². The van der Waals surface area contributed by atoms with Gasteiger partial charge in [-0.25, -0.2) is 9.18 Å². The molecule has 20 heavy (non-hydrogen) atoms. The zero-order valence-corrected chi connectivity index (χ0v) is 10.7. The zero-order valence-electron chi connectivity index (χ0n) is 10.7. The molecule has 6 nitrogen and oxygen atoms in total. The lowest BCUT2D eigenvalue weighted by Gasteiger charge is -2.06. The summed E-state index contributed by atoms with van der Waals surface area (Å²) in [5.41, 5.74) is 0.237. The average molecular weight is 282 g/mol. The van der Waals surface area contributed by atoms with E-state index >= 15 is 0 Å². The second-order valence-electron chi connectivity index (χ2n) is 4.11. The van der Waals surface area contributed by atoms with Crippen molar-refractivity contribution >= 4 is 23.6 Å². The fourth-order valence-electron chi connectivity index (χ4n) is 1.48. The van der Waals surface area contributed by atoms with E-state index in [9.17, 15) is 18.8 Å². The molecule has 0 radical (unpaired) electrons. The van der Waals surface area contributed by atoms with Crippen LogP contribution in [0.4, 0.5) is 14.9 Å². The fraction of sp³-hybridized carbons (Fsp3) is 0.308. The molecule has 0 spiro atoms. The first-order chi connectivity index (χ1) is 9.47. The Morgan fingerprint density at radius 1 is 1.15 bits per heavy atom. The minimum Gasteiger partial charge on any atom is -0.481 e. The molecule has 0 aliphatic carbocycles. The number of carboxylic acid groups (broad SMARTS) is 1. The summed E-state index contributed by atoms with van der Waals surface area (Å²) < 4.78 is 12.9. The topological polar surface area (TPSA) is 95.5 Å². The van der Waals surface area contributed by atoms with Crippen molar-refractivity contribution in [2.45, 2.75) is 25.7 Å². The van der Waals surface area contributed by atoms with Crippen LogP contribution in [0.15, 0.2) is 24.3 Å². The minimum atomic E-state index is -0.922. The zero-order chi connectivity index (χ0) is 15.0. The monoisotopic (exact) mass is 282 g/mol. The van der Waals surface area contributed by atoms with E-state index in [2.05, 4.69) is 10.6 Å². The van der Waals surface area contributed by atoms with Crippen LogP contribution in [-0.4, -0.2) is 23.0 Å². The summed E-state index contributed by atoms with van der Waals surface area (Å²) in [7, 11) is 0. The van der Waals surface area contributed by atoms with Crippen molar-refractivity contribution in [3.8, 4) is 0 Å². The predicted octanol–water partition coefficient (Wildman–Crippen LogP) is 2.12. The van der Waals surface area contributed by atoms with Gasteiger partial charge in [0.1, 0.15) is 5.82 Å². The van der Waals surface area contributed by atoms with Crippen LogP contribution >= 0.6 is 0 Å². The third kappa shape index (κ3) is 6.48. The van der Waals surface area contributed by atoms with Crippen molar-refractivity contribution in [1.29, 1.82) is 0 Å². The molecule has 0 atom stereocenters. The molecule has 1 rings (SSSR count). The van der Waals surface area contributed by atoms with E-state index in [4.69, 9.17) is 5.11 Å². The second kappa shape index (κ2) is 7.88. The molecule has 0 aliphatic heterocycles. The van der Waals surface area contributed by atoms with Crippen molar-refractivity contribution in [3.63, 3.8) is 0 Å². The molecule has 1 aromatic carbocycles. The van der Waals surface area contributed by atoms with Gasteiger partial charge >= 0.3 is 12.0 Å². The molecular weight excluding hydrogens is 267 g/mol. The number of hydrogen-bond acceptors (Lipinski definition) is 3. The van der Waals surface area contributed by atoms with Gasteiger partial charge < -0.3 is 10.4 Å². The molecule has 1 aromatic rings. The Bertz CT molecular complexity index is 505. The maximum absolute atomic E-state index is 12.9. The van der Waals surface area contributed by atoms with Crippen LogP contribution in [0, 0.1) is 5.82 Å². The number of amides is 3. The summed E-state index contributed by atoms with van der Waals surface area (Å²) in [5.74, 6) is -1.93. The normalized spacial score (nSPS) is 9.85. The molecule has 0 heterocycles. The Hall–Kier alpha value is -2.44. The number of nitrogens with one attached hydrogen (secondary N) is 2. The molecule has 7 heteroatoms. The number of rotatable bonds is 6. The quantitative estimate of drug-likeness (QED) is 0.696. The van der Waals surface area contributed by atoms with Crippen LogP contribution in [0.1, 0.15) is 25.7 Å². The van der Waals surface area contributed by atoms with Gasteiger partial charge in [-0.1, -0.05) is 6.07 Å². The van der Waals surface area contributed by atoms with Gasteiger partial charge in [-0.2, -0.15) is 0 Å². The molecule has 0 aromatic heterocycles. The van der Waals surface area contributed by atoms with Gasteiger partial charge in [0.25, 0.3) is 0 Å². The van der Waals surface area contributed by atoms with Crippen molar-refractivity contribution < 1.29 is 23.9 Å². The standard InChI is InChI=1S/C13H15FN2O4/c14-9-4-3-5-10(8-9)15-13(20)16-11(17)6-1-2-7-12(18)19/h3-5,8H,1-2,6-7H2,(H,18,19)(H2,15,16,17,20). The molecular formula is C13H15FN2O4. The van der Waals surface area contributed by atoms with Crippen LogP contribution < -0.4 is 10.6 Å². The highest BCUT2D eigenvalue weighted by molar-refractivity contribution is 6.01. The van der Waals surface area contributed by atoms with Crippen molar-refractivity contribution in [1.82, 2.24) is 5.32 Å². The lowest BCUT2D eigenvalue weighted by Crippen LogP contribution is -2.34. The van der Waals surface area contributed by atoms with E-state index in [1.165, 1.54) is 18.2 Å². The highest BCUT2D eigenvalue weighted by Crippen LogP contribution is 2.08. The summed E-state index contributed by atoms with van der Waals surface area (Å²) in [6.07, 6.45) is 0.798. The number of carbonyl (C=O) groups is 3. The van der Waals surface area contributed by atoms with E-state index in [0.29, 0.717) is 12.8 Å². The van der Waals surface area contributed by atoms with Crippen LogP contribution in [0.2, 0.25) is 0 Å². The number of halogens is 1. The van der Waals surface area contributed by atoms with Crippen molar-refractivity contribution in [2.75, 3.05) is 5.32 Å². The molecule has 0 saturated carbocycles. The van der Waals surface area contributed by atoms with Gasteiger partial charge in [-0.05, 0) is 31.0 Å². The van der Waals surface area contributed by atoms with Crippen LogP contribution in [0.25, 0.3) is 0 Å². The van der Waals surface area contributed by atoms with Crippen LogP contribution in [0.5, 0.6) is 0 Å².